The van der Waals surface area contributed by atoms with Crippen LogP contribution in [0.3, 0.4) is 0 Å². The topological polar surface area (TPSA) is 168 Å². The molecular weight excluding hydrogens is 528 g/mol. The first kappa shape index (κ1) is 27.7. The number of carbonyl (C=O) groups is 3. The molecule has 5 atom stereocenters. The number of benzene rings is 1. The van der Waals surface area contributed by atoms with Crippen LogP contribution in [0, 0.1) is 17.8 Å². The van der Waals surface area contributed by atoms with Gasteiger partial charge in [0.05, 0.1) is 11.6 Å². The minimum absolute atomic E-state index is 0.0573. The Labute approximate surface area is 238 Å². The number of Topliss-reactive ketones (excluding diaryl/α,β-unsaturated/α-hetero) is 2. The number of carbonyl (C=O) groups excluding carboxylic acids is 3. The molecule has 1 fully saturated rings. The highest BCUT2D eigenvalue weighted by Crippen LogP contribution is 2.54. The molecule has 0 aromatic heterocycles. The highest BCUT2D eigenvalue weighted by atomic mass is 16.3. The van der Waals surface area contributed by atoms with Crippen molar-refractivity contribution in [3.63, 3.8) is 0 Å². The monoisotopic (exact) mass is 566 g/mol. The number of ketones is 2. The van der Waals surface area contributed by atoms with E-state index in [4.69, 9.17) is 5.73 Å². The van der Waals surface area contributed by atoms with Gasteiger partial charge in [-0.3, -0.25) is 24.2 Å². The molecule has 0 spiro atoms. The number of anilines is 1. The number of phenols is 1. The molecule has 4 aliphatic carbocycles. The molecule has 1 heterocycles. The molecule has 6 N–H and O–H groups in total. The van der Waals surface area contributed by atoms with Crippen LogP contribution in [0.1, 0.15) is 53.2 Å². The van der Waals surface area contributed by atoms with E-state index >= 15 is 0 Å². The Balaban J connectivity index is 1.50. The number of amides is 1. The van der Waals surface area contributed by atoms with E-state index in [0.29, 0.717) is 11.5 Å². The van der Waals surface area contributed by atoms with Crippen molar-refractivity contribution < 1.29 is 34.8 Å². The third-order valence-electron chi connectivity index (χ3n) is 9.98. The van der Waals surface area contributed by atoms with E-state index in [1.165, 1.54) is 12.8 Å². The summed E-state index contributed by atoms with van der Waals surface area (Å²) in [6.07, 6.45) is 3.69. The van der Waals surface area contributed by atoms with Crippen LogP contribution in [0.15, 0.2) is 28.7 Å². The Morgan fingerprint density at radius 1 is 1.15 bits per heavy atom. The number of aliphatic hydroxyl groups excluding tert-OH is 2. The van der Waals surface area contributed by atoms with Crippen molar-refractivity contribution in [3.8, 4) is 5.75 Å². The molecule has 41 heavy (non-hydrogen) atoms. The molecular formula is C30H38N4O7. The summed E-state index contributed by atoms with van der Waals surface area (Å²) in [6, 6.07) is 0.716. The largest absolute Gasteiger partial charge is 0.510 e. The van der Waals surface area contributed by atoms with E-state index in [0.717, 1.165) is 30.8 Å². The fourth-order valence-corrected chi connectivity index (χ4v) is 7.92. The van der Waals surface area contributed by atoms with E-state index in [9.17, 15) is 34.8 Å². The van der Waals surface area contributed by atoms with Gasteiger partial charge in [-0.25, -0.2) is 0 Å². The predicted molar refractivity (Wildman–Crippen MR) is 150 cm³/mol. The van der Waals surface area contributed by atoms with E-state index < -0.39 is 58.0 Å². The van der Waals surface area contributed by atoms with E-state index in [-0.39, 0.29) is 35.8 Å². The quantitative estimate of drug-likeness (QED) is 0.328. The first-order valence-corrected chi connectivity index (χ1v) is 14.2. The number of primary amides is 1. The molecule has 11 nitrogen and oxygen atoms in total. The zero-order valence-electron chi connectivity index (χ0n) is 23.8. The van der Waals surface area contributed by atoms with Crippen LogP contribution in [0.2, 0.25) is 0 Å². The maximum atomic E-state index is 14.1. The number of nitrogens with two attached hydrogens (primary N) is 1. The number of likely N-dealkylation sites (N-methyl/N-ethyl adjacent to an activating group) is 1. The van der Waals surface area contributed by atoms with Crippen LogP contribution in [-0.2, 0) is 16.0 Å². The van der Waals surface area contributed by atoms with Crippen LogP contribution in [0.5, 0.6) is 5.75 Å². The summed E-state index contributed by atoms with van der Waals surface area (Å²) in [5.74, 6) is -5.69. The van der Waals surface area contributed by atoms with Gasteiger partial charge in [-0.1, -0.05) is 0 Å². The highest BCUT2D eigenvalue weighted by Gasteiger charge is 2.63. The molecule has 1 saturated carbocycles. The molecule has 1 unspecified atom stereocenters. The van der Waals surface area contributed by atoms with E-state index in [2.05, 4.69) is 16.8 Å². The molecule has 6 rings (SSSR count). The van der Waals surface area contributed by atoms with Crippen molar-refractivity contribution in [2.75, 3.05) is 46.2 Å². The number of hydrogen-bond acceptors (Lipinski definition) is 10. The summed E-state index contributed by atoms with van der Waals surface area (Å²) in [7, 11) is 7.31. The maximum Gasteiger partial charge on any atom is 0.255 e. The van der Waals surface area contributed by atoms with Crippen LogP contribution >= 0.6 is 0 Å². The van der Waals surface area contributed by atoms with Gasteiger partial charge in [-0.2, -0.15) is 0 Å². The number of hydrogen-bond donors (Lipinski definition) is 5. The Kier molecular flexibility index (Phi) is 6.29. The summed E-state index contributed by atoms with van der Waals surface area (Å²) in [4.78, 5) is 45.7. The van der Waals surface area contributed by atoms with Crippen molar-refractivity contribution in [2.24, 2.45) is 23.5 Å². The second-order valence-corrected chi connectivity index (χ2v) is 12.8. The normalized spacial score (nSPS) is 31.3. The zero-order chi connectivity index (χ0) is 29.7. The zero-order valence-corrected chi connectivity index (χ0v) is 23.8. The molecule has 5 aliphatic rings. The third kappa shape index (κ3) is 3.85. The molecule has 220 valence electrons. The van der Waals surface area contributed by atoms with Crippen LogP contribution in [0.4, 0.5) is 5.69 Å². The van der Waals surface area contributed by atoms with Gasteiger partial charge in [0, 0.05) is 43.4 Å². The number of rotatable bonds is 5. The number of aliphatic hydroxyl groups is 3. The molecule has 1 amide bonds. The summed E-state index contributed by atoms with van der Waals surface area (Å²) in [5.41, 5.74) is 4.42. The molecule has 1 aromatic rings. The van der Waals surface area contributed by atoms with Gasteiger partial charge in [-0.15, -0.1) is 0 Å². The van der Waals surface area contributed by atoms with Crippen molar-refractivity contribution in [3.05, 3.63) is 45.4 Å². The molecule has 0 radical (unpaired) electrons. The fourth-order valence-electron chi connectivity index (χ4n) is 7.92. The Bertz CT molecular complexity index is 1440. The predicted octanol–water partition coefficient (Wildman–Crippen LogP) is 1.34. The summed E-state index contributed by atoms with van der Waals surface area (Å²) in [6.45, 7) is 1.74. The lowest BCUT2D eigenvalue weighted by Crippen LogP contribution is -2.63. The van der Waals surface area contributed by atoms with Crippen LogP contribution in [0.25, 0.3) is 0 Å². The van der Waals surface area contributed by atoms with Gasteiger partial charge in [0.25, 0.3) is 5.91 Å². The standard InChI is InChI=1S/C30H38N4O7/c1-32(2)24-17-10-14-9-16-21(25(36)20(14)27(38)30(17,41)28(39)22(26(24)37)29(31)40)19(35)11-15-18(7-8-33(3)23(15)16)34(4)12-13-5-6-13/h11,13-14,17-18,24,35,37-38,41H,5-10,12H2,1-4H3,(H2,31,40)/t14-,17-,18?,24-,30+/m1/s1. The first-order valence-electron chi connectivity index (χ1n) is 14.2. The highest BCUT2D eigenvalue weighted by molar-refractivity contribution is 6.25. The number of phenolic OH excluding ortho intramolecular Hbond substituents is 1. The SMILES string of the molecule is CN1CCC(N(C)CC2CC2)c2cc(O)c3c(c21)C[C@@H]1C[C@@H]2[C@@H](N(C)C)C(O)=C(C(N)=O)C(=O)[C@@]2(O)C(O)=C1C3=O. The Morgan fingerprint density at radius 3 is 2.44 bits per heavy atom. The number of fused-ring (bicyclic) bond motifs is 5. The molecule has 0 bridgehead atoms. The van der Waals surface area contributed by atoms with Crippen molar-refractivity contribution in [2.45, 2.75) is 49.8 Å². The molecule has 1 aliphatic heterocycles. The van der Waals surface area contributed by atoms with Crippen LogP contribution in [-0.4, -0.2) is 101 Å². The average Bonchev–Trinajstić information content (AvgIpc) is 3.69. The summed E-state index contributed by atoms with van der Waals surface area (Å²) >= 11 is 0. The summed E-state index contributed by atoms with van der Waals surface area (Å²) in [5, 5.41) is 45.5. The smallest absolute Gasteiger partial charge is 0.255 e. The minimum atomic E-state index is -2.64. The van der Waals surface area contributed by atoms with Gasteiger partial charge < -0.3 is 31.1 Å². The van der Waals surface area contributed by atoms with Gasteiger partial charge >= 0.3 is 0 Å². The number of nitrogens with zero attached hydrogens (tertiary/aromatic N) is 3. The third-order valence-corrected chi connectivity index (χ3v) is 9.98. The lowest BCUT2D eigenvalue weighted by Gasteiger charge is -2.50. The van der Waals surface area contributed by atoms with E-state index in [1.807, 2.05) is 7.05 Å². The van der Waals surface area contributed by atoms with Crippen LogP contribution < -0.4 is 10.6 Å². The second kappa shape index (κ2) is 9.30. The molecule has 11 heteroatoms. The van der Waals surface area contributed by atoms with Gasteiger partial charge in [0.2, 0.25) is 5.78 Å². The van der Waals surface area contributed by atoms with E-state index in [1.54, 1.807) is 25.1 Å². The van der Waals surface area contributed by atoms with Gasteiger partial charge in [0.15, 0.2) is 11.4 Å². The minimum Gasteiger partial charge on any atom is -0.510 e. The molecule has 0 saturated heterocycles. The fraction of sp³-hybridized carbons (Fsp3) is 0.567. The first-order chi connectivity index (χ1) is 19.3. The van der Waals surface area contributed by atoms with Crippen molar-refractivity contribution in [1.82, 2.24) is 9.80 Å². The summed E-state index contributed by atoms with van der Waals surface area (Å²) < 4.78 is 0. The lowest BCUT2D eigenvalue weighted by atomic mass is 9.58. The molecule has 1 aromatic carbocycles. The number of allylic oxidation sites excluding steroid dienone is 1. The van der Waals surface area contributed by atoms with Gasteiger partial charge in [-0.05, 0) is 82.3 Å². The second-order valence-electron chi connectivity index (χ2n) is 12.8. The number of aromatic hydroxyl groups is 1. The Morgan fingerprint density at radius 2 is 1.83 bits per heavy atom. The lowest BCUT2D eigenvalue weighted by molar-refractivity contribution is -0.148. The van der Waals surface area contributed by atoms with Crippen molar-refractivity contribution >= 4 is 23.2 Å². The maximum absolute atomic E-state index is 14.1. The average molecular weight is 567 g/mol. The Hall–Kier alpha value is -3.41. The van der Waals surface area contributed by atoms with Crippen molar-refractivity contribution in [1.29, 1.82) is 0 Å². The van der Waals surface area contributed by atoms with Gasteiger partial charge in [0.1, 0.15) is 22.8 Å².